The predicted molar refractivity (Wildman–Crippen MR) is 86.0 cm³/mol. The maximum absolute atomic E-state index is 12.1. The second kappa shape index (κ2) is 7.38. The number of carboxylic acid groups (broad SMARTS) is 1. The summed E-state index contributed by atoms with van der Waals surface area (Å²) in [5, 5.41) is 12.3. The number of aliphatic carboxylic acids is 1. The van der Waals surface area contributed by atoms with E-state index in [1.807, 2.05) is 0 Å². The van der Waals surface area contributed by atoms with Gasteiger partial charge in [-0.05, 0) is 35.9 Å². The Morgan fingerprint density at radius 2 is 1.95 bits per heavy atom. The van der Waals surface area contributed by atoms with Crippen LogP contribution in [-0.4, -0.2) is 28.0 Å². The zero-order valence-corrected chi connectivity index (χ0v) is 13.6. The number of nitrogens with zero attached hydrogens (tertiary/aromatic N) is 1. The maximum Gasteiger partial charge on any atom is 0.326 e. The quantitative estimate of drug-likeness (QED) is 0.832. The van der Waals surface area contributed by atoms with Crippen molar-refractivity contribution in [3.63, 3.8) is 0 Å². The zero-order chi connectivity index (χ0) is 16.1. The Bertz CT molecular complexity index is 694. The smallest absolute Gasteiger partial charge is 0.326 e. The van der Waals surface area contributed by atoms with E-state index in [0.717, 1.165) is 4.47 Å². The third-order valence-corrected chi connectivity index (χ3v) is 3.99. The molecule has 0 unspecified atom stereocenters. The standard InChI is InChI=1S/C15H12BrClN2O3/c16-12-2-1-11(17)7-10(12)8-13(15(21)22)19-14(20)9-3-5-18-6-4-9/h1-7,13H,8H2,(H,19,20)(H,21,22)/t13-/m0/s1. The third-order valence-electron chi connectivity index (χ3n) is 2.98. The maximum atomic E-state index is 12.1. The van der Waals surface area contributed by atoms with Gasteiger partial charge in [-0.2, -0.15) is 0 Å². The van der Waals surface area contributed by atoms with Crippen molar-refractivity contribution < 1.29 is 14.7 Å². The summed E-state index contributed by atoms with van der Waals surface area (Å²) in [5.41, 5.74) is 1.06. The molecule has 0 saturated heterocycles. The van der Waals surface area contributed by atoms with Crippen molar-refractivity contribution in [3.05, 3.63) is 63.3 Å². The van der Waals surface area contributed by atoms with Gasteiger partial charge in [0.15, 0.2) is 0 Å². The minimum Gasteiger partial charge on any atom is -0.480 e. The summed E-state index contributed by atoms with van der Waals surface area (Å²) in [6.45, 7) is 0. The first-order chi connectivity index (χ1) is 10.5. The van der Waals surface area contributed by atoms with E-state index in [9.17, 15) is 14.7 Å². The zero-order valence-electron chi connectivity index (χ0n) is 11.3. The molecule has 0 aliphatic rings. The molecule has 1 heterocycles. The molecule has 1 aromatic carbocycles. The molecule has 0 saturated carbocycles. The topological polar surface area (TPSA) is 79.3 Å². The summed E-state index contributed by atoms with van der Waals surface area (Å²) in [4.78, 5) is 27.3. The van der Waals surface area contributed by atoms with E-state index in [2.05, 4.69) is 26.2 Å². The third kappa shape index (κ3) is 4.29. The number of aromatic nitrogens is 1. The molecular weight excluding hydrogens is 372 g/mol. The van der Waals surface area contributed by atoms with Crippen molar-refractivity contribution >= 4 is 39.4 Å². The Labute approximate surface area is 140 Å². The molecular formula is C15H12BrClN2O3. The van der Waals surface area contributed by atoms with Crippen molar-refractivity contribution in [3.8, 4) is 0 Å². The van der Waals surface area contributed by atoms with Crippen LogP contribution in [0.1, 0.15) is 15.9 Å². The van der Waals surface area contributed by atoms with E-state index < -0.39 is 17.9 Å². The molecule has 2 rings (SSSR count). The van der Waals surface area contributed by atoms with Crippen molar-refractivity contribution in [2.75, 3.05) is 0 Å². The van der Waals surface area contributed by atoms with Crippen LogP contribution in [-0.2, 0) is 11.2 Å². The lowest BCUT2D eigenvalue weighted by atomic mass is 10.1. The number of carbonyl (C=O) groups excluding carboxylic acids is 1. The number of halogens is 2. The highest BCUT2D eigenvalue weighted by molar-refractivity contribution is 9.10. The number of hydrogen-bond acceptors (Lipinski definition) is 3. The van der Waals surface area contributed by atoms with E-state index in [4.69, 9.17) is 11.6 Å². The first-order valence-corrected chi connectivity index (χ1v) is 7.52. The monoisotopic (exact) mass is 382 g/mol. The van der Waals surface area contributed by atoms with Crippen molar-refractivity contribution in [2.45, 2.75) is 12.5 Å². The summed E-state index contributed by atoms with van der Waals surface area (Å²) in [6, 6.07) is 7.07. The molecule has 2 N–H and O–H groups in total. The average Bonchev–Trinajstić information content (AvgIpc) is 2.50. The highest BCUT2D eigenvalue weighted by atomic mass is 79.9. The molecule has 0 radical (unpaired) electrons. The number of carboxylic acids is 1. The van der Waals surface area contributed by atoms with Gasteiger partial charge in [0.25, 0.3) is 5.91 Å². The Morgan fingerprint density at radius 3 is 2.59 bits per heavy atom. The summed E-state index contributed by atoms with van der Waals surface area (Å²) < 4.78 is 0.737. The summed E-state index contributed by atoms with van der Waals surface area (Å²) in [5.74, 6) is -1.58. The van der Waals surface area contributed by atoms with Gasteiger partial charge in [0.2, 0.25) is 0 Å². The van der Waals surface area contributed by atoms with Crippen LogP contribution in [0.25, 0.3) is 0 Å². The van der Waals surface area contributed by atoms with Crippen LogP contribution >= 0.6 is 27.5 Å². The van der Waals surface area contributed by atoms with E-state index in [1.54, 1.807) is 18.2 Å². The molecule has 5 nitrogen and oxygen atoms in total. The van der Waals surface area contributed by atoms with E-state index in [-0.39, 0.29) is 6.42 Å². The molecule has 114 valence electrons. The van der Waals surface area contributed by atoms with Crippen LogP contribution in [0.3, 0.4) is 0 Å². The van der Waals surface area contributed by atoms with E-state index in [1.165, 1.54) is 24.5 Å². The molecule has 1 amide bonds. The molecule has 0 aliphatic heterocycles. The fraction of sp³-hybridized carbons (Fsp3) is 0.133. The second-order valence-corrected chi connectivity index (χ2v) is 5.83. The molecule has 1 atom stereocenters. The fourth-order valence-corrected chi connectivity index (χ4v) is 2.47. The number of hydrogen-bond donors (Lipinski definition) is 2. The molecule has 1 aromatic heterocycles. The molecule has 0 spiro atoms. The van der Waals surface area contributed by atoms with Crippen LogP contribution in [0.15, 0.2) is 47.2 Å². The Balaban J connectivity index is 2.15. The fourth-order valence-electron chi connectivity index (χ4n) is 1.86. The molecule has 0 fully saturated rings. The van der Waals surface area contributed by atoms with Crippen LogP contribution < -0.4 is 5.32 Å². The molecule has 2 aromatic rings. The number of benzene rings is 1. The van der Waals surface area contributed by atoms with Gasteiger partial charge in [0, 0.05) is 33.9 Å². The first-order valence-electron chi connectivity index (χ1n) is 6.35. The van der Waals surface area contributed by atoms with Gasteiger partial charge in [-0.15, -0.1) is 0 Å². The predicted octanol–water partition coefficient (Wildman–Crippen LogP) is 2.92. The largest absolute Gasteiger partial charge is 0.480 e. The SMILES string of the molecule is O=C(N[C@@H](Cc1cc(Cl)ccc1Br)C(=O)O)c1ccncc1. The number of pyridine rings is 1. The highest BCUT2D eigenvalue weighted by Gasteiger charge is 2.22. The van der Waals surface area contributed by atoms with Gasteiger partial charge in [0.1, 0.15) is 6.04 Å². The van der Waals surface area contributed by atoms with Gasteiger partial charge < -0.3 is 10.4 Å². The Kier molecular flexibility index (Phi) is 5.51. The summed E-state index contributed by atoms with van der Waals surface area (Å²) in [7, 11) is 0. The molecule has 22 heavy (non-hydrogen) atoms. The average molecular weight is 384 g/mol. The number of nitrogens with one attached hydrogen (secondary N) is 1. The van der Waals surface area contributed by atoms with Gasteiger partial charge in [-0.3, -0.25) is 9.78 Å². The summed E-state index contributed by atoms with van der Waals surface area (Å²) >= 11 is 9.27. The van der Waals surface area contributed by atoms with Crippen molar-refractivity contribution in [2.24, 2.45) is 0 Å². The van der Waals surface area contributed by atoms with E-state index >= 15 is 0 Å². The van der Waals surface area contributed by atoms with Gasteiger partial charge in [-0.25, -0.2) is 4.79 Å². The lowest BCUT2D eigenvalue weighted by Crippen LogP contribution is -2.42. The molecule has 0 bridgehead atoms. The highest BCUT2D eigenvalue weighted by Crippen LogP contribution is 2.22. The van der Waals surface area contributed by atoms with Crippen LogP contribution in [0, 0.1) is 0 Å². The number of amides is 1. The number of rotatable bonds is 5. The summed E-state index contributed by atoms with van der Waals surface area (Å²) in [6.07, 6.45) is 3.06. The molecule has 0 aliphatic carbocycles. The van der Waals surface area contributed by atoms with Crippen LogP contribution in [0.5, 0.6) is 0 Å². The normalized spacial score (nSPS) is 11.7. The van der Waals surface area contributed by atoms with E-state index in [0.29, 0.717) is 16.1 Å². The number of carbonyl (C=O) groups is 2. The lowest BCUT2D eigenvalue weighted by Gasteiger charge is -2.15. The molecule has 7 heteroatoms. The van der Waals surface area contributed by atoms with Crippen molar-refractivity contribution in [1.82, 2.24) is 10.3 Å². The minimum absolute atomic E-state index is 0.118. The van der Waals surface area contributed by atoms with Gasteiger partial charge >= 0.3 is 5.97 Å². The first kappa shape index (κ1) is 16.5. The van der Waals surface area contributed by atoms with Crippen LogP contribution in [0.4, 0.5) is 0 Å². The van der Waals surface area contributed by atoms with Gasteiger partial charge in [-0.1, -0.05) is 27.5 Å². The minimum atomic E-state index is -1.12. The second-order valence-electron chi connectivity index (χ2n) is 4.54. The van der Waals surface area contributed by atoms with Crippen molar-refractivity contribution in [1.29, 1.82) is 0 Å². The van der Waals surface area contributed by atoms with Gasteiger partial charge in [0.05, 0.1) is 0 Å². The Morgan fingerprint density at radius 1 is 1.27 bits per heavy atom. The van der Waals surface area contributed by atoms with Crippen LogP contribution in [0.2, 0.25) is 5.02 Å². The lowest BCUT2D eigenvalue weighted by molar-refractivity contribution is -0.139. The Hall–Kier alpha value is -1.92.